The molecule has 5 nitrogen and oxygen atoms in total. The lowest BCUT2D eigenvalue weighted by Crippen LogP contribution is -2.30. The van der Waals surface area contributed by atoms with Crippen molar-refractivity contribution in [1.29, 1.82) is 0 Å². The topological polar surface area (TPSA) is 67.6 Å². The van der Waals surface area contributed by atoms with Gasteiger partial charge in [0.1, 0.15) is 5.75 Å². The Bertz CT molecular complexity index is 504. The number of hydrogen-bond acceptors (Lipinski definition) is 4. The maximum Gasteiger partial charge on any atom is 0.225 e. The molecule has 5 heteroatoms. The van der Waals surface area contributed by atoms with Crippen molar-refractivity contribution in [1.82, 2.24) is 4.90 Å². The zero-order chi connectivity index (χ0) is 15.4. The maximum absolute atomic E-state index is 12.0. The van der Waals surface area contributed by atoms with Gasteiger partial charge in [-0.3, -0.25) is 9.69 Å². The molecule has 0 bridgehead atoms. The van der Waals surface area contributed by atoms with Gasteiger partial charge in [0.2, 0.25) is 5.91 Å². The average Bonchev–Trinajstić information content (AvgIpc) is 2.77. The Kier molecular flexibility index (Phi) is 5.07. The molecule has 0 aliphatic carbocycles. The van der Waals surface area contributed by atoms with Crippen molar-refractivity contribution in [3.63, 3.8) is 0 Å². The molecule has 2 unspecified atom stereocenters. The van der Waals surface area contributed by atoms with Crippen molar-refractivity contribution in [3.05, 3.63) is 18.2 Å². The van der Waals surface area contributed by atoms with Gasteiger partial charge in [-0.15, -0.1) is 0 Å². The van der Waals surface area contributed by atoms with Crippen LogP contribution in [0.3, 0.4) is 0 Å². The Hall–Kier alpha value is -1.75. The monoisotopic (exact) mass is 291 g/mol. The molecule has 0 aromatic heterocycles. The molecular formula is C16H25N3O2. The van der Waals surface area contributed by atoms with Gasteiger partial charge in [0, 0.05) is 31.6 Å². The van der Waals surface area contributed by atoms with Crippen molar-refractivity contribution in [3.8, 4) is 5.75 Å². The number of amides is 1. The molecule has 1 saturated heterocycles. The smallest absolute Gasteiger partial charge is 0.225 e. The van der Waals surface area contributed by atoms with E-state index in [0.717, 1.165) is 19.0 Å². The van der Waals surface area contributed by atoms with Gasteiger partial charge in [0.15, 0.2) is 0 Å². The second kappa shape index (κ2) is 6.80. The number of nitrogen functional groups attached to an aromatic ring is 1. The van der Waals surface area contributed by atoms with E-state index in [9.17, 15) is 4.79 Å². The first-order chi connectivity index (χ1) is 9.99. The van der Waals surface area contributed by atoms with Gasteiger partial charge in [-0.25, -0.2) is 0 Å². The quantitative estimate of drug-likeness (QED) is 0.817. The standard InChI is InChI=1S/C16H25N3O2/c1-11-8-12(2)19(10-11)7-6-16(20)18-15-5-4-13(21-3)9-14(15)17/h4-5,9,11-12H,6-8,10,17H2,1-3H3,(H,18,20). The molecule has 1 fully saturated rings. The van der Waals surface area contributed by atoms with Crippen LogP contribution in [0.15, 0.2) is 18.2 Å². The number of carbonyl (C=O) groups is 1. The van der Waals surface area contributed by atoms with Crippen molar-refractivity contribution in [2.75, 3.05) is 31.2 Å². The highest BCUT2D eigenvalue weighted by atomic mass is 16.5. The van der Waals surface area contributed by atoms with Gasteiger partial charge in [-0.1, -0.05) is 6.92 Å². The summed E-state index contributed by atoms with van der Waals surface area (Å²) in [7, 11) is 1.59. The molecule has 1 aliphatic rings. The molecule has 1 aromatic rings. The van der Waals surface area contributed by atoms with Crippen molar-refractivity contribution >= 4 is 17.3 Å². The molecule has 2 atom stereocenters. The number of anilines is 2. The summed E-state index contributed by atoms with van der Waals surface area (Å²) in [6.45, 7) is 6.37. The van der Waals surface area contributed by atoms with Crippen LogP contribution in [0.1, 0.15) is 26.7 Å². The number of ether oxygens (including phenoxy) is 1. The van der Waals surface area contributed by atoms with E-state index in [-0.39, 0.29) is 5.91 Å². The average molecular weight is 291 g/mol. The van der Waals surface area contributed by atoms with Crippen LogP contribution in [0.2, 0.25) is 0 Å². The van der Waals surface area contributed by atoms with E-state index in [1.807, 2.05) is 0 Å². The Morgan fingerprint density at radius 1 is 1.48 bits per heavy atom. The van der Waals surface area contributed by atoms with Crippen LogP contribution >= 0.6 is 0 Å². The minimum absolute atomic E-state index is 0.00128. The summed E-state index contributed by atoms with van der Waals surface area (Å²) in [5.74, 6) is 1.41. The summed E-state index contributed by atoms with van der Waals surface area (Å²) in [4.78, 5) is 14.4. The minimum Gasteiger partial charge on any atom is -0.497 e. The summed E-state index contributed by atoms with van der Waals surface area (Å²) in [5.41, 5.74) is 7.06. The third-order valence-electron chi connectivity index (χ3n) is 4.07. The highest BCUT2D eigenvalue weighted by Gasteiger charge is 2.25. The van der Waals surface area contributed by atoms with E-state index >= 15 is 0 Å². The first kappa shape index (κ1) is 15.6. The largest absolute Gasteiger partial charge is 0.497 e. The van der Waals surface area contributed by atoms with Crippen molar-refractivity contribution in [2.24, 2.45) is 5.92 Å². The fraction of sp³-hybridized carbons (Fsp3) is 0.562. The lowest BCUT2D eigenvalue weighted by Gasteiger charge is -2.20. The van der Waals surface area contributed by atoms with E-state index in [0.29, 0.717) is 29.6 Å². The van der Waals surface area contributed by atoms with E-state index in [4.69, 9.17) is 10.5 Å². The second-order valence-electron chi connectivity index (χ2n) is 5.94. The molecule has 0 radical (unpaired) electrons. The van der Waals surface area contributed by atoms with Gasteiger partial charge in [0.05, 0.1) is 18.5 Å². The van der Waals surface area contributed by atoms with Crippen LogP contribution in [-0.4, -0.2) is 37.0 Å². The van der Waals surface area contributed by atoms with Crippen LogP contribution in [-0.2, 0) is 4.79 Å². The number of likely N-dealkylation sites (tertiary alicyclic amines) is 1. The third-order valence-corrected chi connectivity index (χ3v) is 4.07. The summed E-state index contributed by atoms with van der Waals surface area (Å²) in [5, 5.41) is 2.87. The lowest BCUT2D eigenvalue weighted by atomic mass is 10.1. The molecule has 2 rings (SSSR count). The Morgan fingerprint density at radius 2 is 2.24 bits per heavy atom. The SMILES string of the molecule is COc1ccc(NC(=O)CCN2CC(C)CC2C)c(N)c1. The predicted molar refractivity (Wildman–Crippen MR) is 85.5 cm³/mol. The number of carbonyl (C=O) groups excluding carboxylic acids is 1. The van der Waals surface area contributed by atoms with Crippen LogP contribution in [0, 0.1) is 5.92 Å². The normalized spacial score (nSPS) is 22.2. The van der Waals surface area contributed by atoms with Gasteiger partial charge in [-0.2, -0.15) is 0 Å². The van der Waals surface area contributed by atoms with Gasteiger partial charge in [-0.05, 0) is 31.4 Å². The summed E-state index contributed by atoms with van der Waals surface area (Å²) < 4.78 is 5.09. The van der Waals surface area contributed by atoms with Gasteiger partial charge < -0.3 is 15.8 Å². The van der Waals surface area contributed by atoms with Crippen molar-refractivity contribution < 1.29 is 9.53 Å². The molecule has 1 amide bonds. The first-order valence-electron chi connectivity index (χ1n) is 7.47. The summed E-state index contributed by atoms with van der Waals surface area (Å²) in [6, 6.07) is 5.83. The highest BCUT2D eigenvalue weighted by molar-refractivity contribution is 5.94. The number of hydrogen-bond donors (Lipinski definition) is 2. The number of nitrogens with zero attached hydrogens (tertiary/aromatic N) is 1. The number of nitrogens with one attached hydrogen (secondary N) is 1. The van der Waals surface area contributed by atoms with Crippen LogP contribution in [0.5, 0.6) is 5.75 Å². The molecule has 116 valence electrons. The molecule has 1 aliphatic heterocycles. The molecule has 0 spiro atoms. The van der Waals surface area contributed by atoms with Crippen LogP contribution in [0.25, 0.3) is 0 Å². The first-order valence-corrected chi connectivity index (χ1v) is 7.47. The Morgan fingerprint density at radius 3 is 2.81 bits per heavy atom. The molecule has 3 N–H and O–H groups in total. The fourth-order valence-electron chi connectivity index (χ4n) is 2.94. The number of benzene rings is 1. The van der Waals surface area contributed by atoms with Gasteiger partial charge >= 0.3 is 0 Å². The molecule has 0 saturated carbocycles. The van der Waals surface area contributed by atoms with Crippen molar-refractivity contribution in [2.45, 2.75) is 32.7 Å². The summed E-state index contributed by atoms with van der Waals surface area (Å²) >= 11 is 0. The maximum atomic E-state index is 12.0. The Labute approximate surface area is 126 Å². The van der Waals surface area contributed by atoms with Crippen LogP contribution < -0.4 is 15.8 Å². The lowest BCUT2D eigenvalue weighted by molar-refractivity contribution is -0.116. The number of rotatable bonds is 5. The number of nitrogens with two attached hydrogens (primary N) is 1. The van der Waals surface area contributed by atoms with E-state index in [1.54, 1.807) is 25.3 Å². The zero-order valence-electron chi connectivity index (χ0n) is 13.1. The van der Waals surface area contributed by atoms with Gasteiger partial charge in [0.25, 0.3) is 0 Å². The summed E-state index contributed by atoms with van der Waals surface area (Å²) in [6.07, 6.45) is 1.70. The van der Waals surface area contributed by atoms with Crippen LogP contribution in [0.4, 0.5) is 11.4 Å². The third kappa shape index (κ3) is 4.11. The zero-order valence-corrected chi connectivity index (χ0v) is 13.1. The molecular weight excluding hydrogens is 266 g/mol. The predicted octanol–water partition coefficient (Wildman–Crippen LogP) is 2.34. The molecule has 1 heterocycles. The van der Waals surface area contributed by atoms with E-state index < -0.39 is 0 Å². The highest BCUT2D eigenvalue weighted by Crippen LogP contribution is 2.25. The van der Waals surface area contributed by atoms with E-state index in [2.05, 4.69) is 24.1 Å². The second-order valence-corrected chi connectivity index (χ2v) is 5.94. The molecule has 21 heavy (non-hydrogen) atoms. The Balaban J connectivity index is 1.84. The number of methoxy groups -OCH3 is 1. The fourth-order valence-corrected chi connectivity index (χ4v) is 2.94. The van der Waals surface area contributed by atoms with E-state index in [1.165, 1.54) is 6.42 Å². The minimum atomic E-state index is -0.00128. The molecule has 1 aromatic carbocycles.